The maximum absolute atomic E-state index is 11.9. The molecule has 0 atom stereocenters. The van der Waals surface area contributed by atoms with Gasteiger partial charge in [-0.05, 0) is 18.2 Å². The molecule has 0 spiro atoms. The third-order valence-electron chi connectivity index (χ3n) is 2.30. The van der Waals surface area contributed by atoms with Gasteiger partial charge in [-0.15, -0.1) is 0 Å². The molecule has 0 aliphatic rings. The molecule has 0 fully saturated rings. The number of anilines is 1. The Hall–Kier alpha value is -2.91. The molecule has 0 aliphatic heterocycles. The Kier molecular flexibility index (Phi) is 4.27. The number of aliphatic hydroxyl groups is 1. The van der Waals surface area contributed by atoms with E-state index in [4.69, 9.17) is 5.11 Å². The van der Waals surface area contributed by atoms with Gasteiger partial charge in [0.15, 0.2) is 0 Å². The van der Waals surface area contributed by atoms with E-state index in [0.717, 1.165) is 0 Å². The van der Waals surface area contributed by atoms with Crippen LogP contribution >= 0.6 is 0 Å². The zero-order chi connectivity index (χ0) is 14.4. The molecule has 2 aromatic rings. The second-order valence-electron chi connectivity index (χ2n) is 3.78. The zero-order valence-electron chi connectivity index (χ0n) is 10.4. The zero-order valence-corrected chi connectivity index (χ0v) is 10.4. The fourth-order valence-electron chi connectivity index (χ4n) is 1.46. The number of carbonyl (C=O) groups is 1. The first kappa shape index (κ1) is 13.5. The SMILES string of the molecule is O=C(Nc1cc(C#CCO)ccn1)c1cncc(O)c1. The number of amides is 1. The monoisotopic (exact) mass is 269 g/mol. The van der Waals surface area contributed by atoms with Crippen molar-refractivity contribution in [2.24, 2.45) is 0 Å². The second kappa shape index (κ2) is 6.31. The topological polar surface area (TPSA) is 95.3 Å². The Morgan fingerprint density at radius 1 is 1.35 bits per heavy atom. The van der Waals surface area contributed by atoms with E-state index >= 15 is 0 Å². The Balaban J connectivity index is 2.15. The largest absolute Gasteiger partial charge is 0.506 e. The number of carbonyl (C=O) groups excluding carboxylic acids is 1. The molecule has 1 amide bonds. The Morgan fingerprint density at radius 2 is 2.20 bits per heavy atom. The lowest BCUT2D eigenvalue weighted by Gasteiger charge is -2.04. The molecule has 0 radical (unpaired) electrons. The third kappa shape index (κ3) is 3.54. The number of aromatic hydroxyl groups is 1. The molecule has 6 nitrogen and oxygen atoms in total. The summed E-state index contributed by atoms with van der Waals surface area (Å²) in [6.45, 7) is -0.237. The summed E-state index contributed by atoms with van der Waals surface area (Å²) in [5, 5.41) is 20.5. The van der Waals surface area contributed by atoms with Crippen molar-refractivity contribution >= 4 is 11.7 Å². The second-order valence-corrected chi connectivity index (χ2v) is 3.78. The molecule has 100 valence electrons. The van der Waals surface area contributed by atoms with Crippen LogP contribution in [0.2, 0.25) is 0 Å². The van der Waals surface area contributed by atoms with Gasteiger partial charge in [0, 0.05) is 18.0 Å². The highest BCUT2D eigenvalue weighted by Crippen LogP contribution is 2.11. The molecular formula is C14H11N3O3. The van der Waals surface area contributed by atoms with E-state index in [1.165, 1.54) is 24.7 Å². The van der Waals surface area contributed by atoms with E-state index in [1.54, 1.807) is 12.1 Å². The number of nitrogens with zero attached hydrogens (tertiary/aromatic N) is 2. The molecule has 0 aliphatic carbocycles. The summed E-state index contributed by atoms with van der Waals surface area (Å²) in [4.78, 5) is 19.6. The minimum Gasteiger partial charge on any atom is -0.506 e. The van der Waals surface area contributed by atoms with Crippen LogP contribution in [-0.2, 0) is 0 Å². The number of aromatic nitrogens is 2. The van der Waals surface area contributed by atoms with Crippen molar-refractivity contribution in [1.29, 1.82) is 0 Å². The van der Waals surface area contributed by atoms with Gasteiger partial charge in [-0.3, -0.25) is 9.78 Å². The Bertz CT molecular complexity index is 689. The van der Waals surface area contributed by atoms with Crippen LogP contribution in [0.25, 0.3) is 0 Å². The molecule has 0 aromatic carbocycles. The Labute approximate surface area is 115 Å². The van der Waals surface area contributed by atoms with Gasteiger partial charge in [0.25, 0.3) is 5.91 Å². The smallest absolute Gasteiger partial charge is 0.258 e. The third-order valence-corrected chi connectivity index (χ3v) is 2.30. The van der Waals surface area contributed by atoms with Gasteiger partial charge in [0.2, 0.25) is 0 Å². The van der Waals surface area contributed by atoms with Crippen LogP contribution < -0.4 is 5.32 Å². The van der Waals surface area contributed by atoms with Gasteiger partial charge in [0.05, 0.1) is 11.8 Å². The van der Waals surface area contributed by atoms with E-state index in [-0.39, 0.29) is 17.9 Å². The van der Waals surface area contributed by atoms with Crippen LogP contribution in [-0.4, -0.2) is 32.7 Å². The molecule has 0 bridgehead atoms. The molecule has 2 aromatic heterocycles. The lowest BCUT2D eigenvalue weighted by Crippen LogP contribution is -2.13. The highest BCUT2D eigenvalue weighted by atomic mass is 16.3. The van der Waals surface area contributed by atoms with Crippen molar-refractivity contribution in [2.45, 2.75) is 0 Å². The molecule has 0 saturated heterocycles. The van der Waals surface area contributed by atoms with E-state index in [9.17, 15) is 9.90 Å². The fourth-order valence-corrected chi connectivity index (χ4v) is 1.46. The summed E-state index contributed by atoms with van der Waals surface area (Å²) in [6.07, 6.45) is 4.07. The number of rotatable bonds is 2. The van der Waals surface area contributed by atoms with Crippen molar-refractivity contribution in [3.05, 3.63) is 47.9 Å². The van der Waals surface area contributed by atoms with Gasteiger partial charge in [-0.1, -0.05) is 11.8 Å². The number of hydrogen-bond acceptors (Lipinski definition) is 5. The van der Waals surface area contributed by atoms with Crippen LogP contribution in [0, 0.1) is 11.8 Å². The quantitative estimate of drug-likeness (QED) is 0.700. The van der Waals surface area contributed by atoms with Crippen molar-refractivity contribution in [2.75, 3.05) is 11.9 Å². The molecule has 0 saturated carbocycles. The average molecular weight is 269 g/mol. The molecule has 3 N–H and O–H groups in total. The summed E-state index contributed by atoms with van der Waals surface area (Å²) in [5.41, 5.74) is 0.844. The molecule has 6 heteroatoms. The van der Waals surface area contributed by atoms with Gasteiger partial charge in [0.1, 0.15) is 18.2 Å². The van der Waals surface area contributed by atoms with Crippen LogP contribution in [0.5, 0.6) is 5.75 Å². The van der Waals surface area contributed by atoms with Crippen molar-refractivity contribution in [3.63, 3.8) is 0 Å². The molecule has 2 rings (SSSR count). The number of aliphatic hydroxyl groups excluding tert-OH is 1. The number of pyridine rings is 2. The predicted molar refractivity (Wildman–Crippen MR) is 72.1 cm³/mol. The van der Waals surface area contributed by atoms with Gasteiger partial charge in [-0.25, -0.2) is 4.98 Å². The lowest BCUT2D eigenvalue weighted by atomic mass is 10.2. The maximum Gasteiger partial charge on any atom is 0.258 e. The summed E-state index contributed by atoms with van der Waals surface area (Å²) in [6, 6.07) is 4.54. The Morgan fingerprint density at radius 3 is 2.95 bits per heavy atom. The first-order chi connectivity index (χ1) is 9.69. The first-order valence-electron chi connectivity index (χ1n) is 5.70. The summed E-state index contributed by atoms with van der Waals surface area (Å²) >= 11 is 0. The minimum atomic E-state index is -0.437. The highest BCUT2D eigenvalue weighted by Gasteiger charge is 2.08. The van der Waals surface area contributed by atoms with Crippen LogP contribution in [0.1, 0.15) is 15.9 Å². The number of hydrogen-bond donors (Lipinski definition) is 3. The van der Waals surface area contributed by atoms with Crippen LogP contribution in [0.15, 0.2) is 36.8 Å². The van der Waals surface area contributed by atoms with Crippen molar-refractivity contribution in [1.82, 2.24) is 9.97 Å². The summed E-state index contributed by atoms with van der Waals surface area (Å²) in [7, 11) is 0. The highest BCUT2D eigenvalue weighted by molar-refractivity contribution is 6.03. The minimum absolute atomic E-state index is 0.0897. The molecule has 0 unspecified atom stereocenters. The van der Waals surface area contributed by atoms with E-state index < -0.39 is 5.91 Å². The first-order valence-corrected chi connectivity index (χ1v) is 5.70. The van der Waals surface area contributed by atoms with Gasteiger partial charge < -0.3 is 15.5 Å². The summed E-state index contributed by atoms with van der Waals surface area (Å²) in [5.74, 6) is 5.02. The molecule has 20 heavy (non-hydrogen) atoms. The average Bonchev–Trinajstić information content (AvgIpc) is 2.45. The molecule has 2 heterocycles. The van der Waals surface area contributed by atoms with Crippen LogP contribution in [0.3, 0.4) is 0 Å². The maximum atomic E-state index is 11.9. The van der Waals surface area contributed by atoms with E-state index in [0.29, 0.717) is 11.4 Å². The van der Waals surface area contributed by atoms with Gasteiger partial charge >= 0.3 is 0 Å². The lowest BCUT2D eigenvalue weighted by molar-refractivity contribution is 0.102. The van der Waals surface area contributed by atoms with Crippen molar-refractivity contribution < 1.29 is 15.0 Å². The van der Waals surface area contributed by atoms with Crippen LogP contribution in [0.4, 0.5) is 5.82 Å². The predicted octanol–water partition coefficient (Wildman–Crippen LogP) is 0.778. The standard InChI is InChI=1S/C14H11N3O3/c18-5-1-2-10-3-4-16-13(6-10)17-14(20)11-7-12(19)9-15-8-11/h3-4,6-9,18-19H,5H2,(H,16,17,20). The van der Waals surface area contributed by atoms with Crippen molar-refractivity contribution in [3.8, 4) is 17.6 Å². The number of nitrogens with one attached hydrogen (secondary N) is 1. The van der Waals surface area contributed by atoms with Gasteiger partial charge in [-0.2, -0.15) is 0 Å². The fraction of sp³-hybridized carbons (Fsp3) is 0.0714. The van der Waals surface area contributed by atoms with E-state index in [2.05, 4.69) is 27.1 Å². The summed E-state index contributed by atoms with van der Waals surface area (Å²) < 4.78 is 0. The normalized spacial score (nSPS) is 9.45. The molecular weight excluding hydrogens is 258 g/mol. The van der Waals surface area contributed by atoms with E-state index in [1.807, 2.05) is 0 Å².